The molecule has 0 amide bonds. The SMILES string of the molecule is CN(C)c1ccccc1Nc1nc(NN)ncc1[N+](=O)[O-]. The number of hydrogen-bond acceptors (Lipinski definition) is 8. The predicted octanol–water partition coefficient (Wildman–Crippen LogP) is 1.48. The molecule has 1 heterocycles. The summed E-state index contributed by atoms with van der Waals surface area (Å²) in [5, 5.41) is 14.0. The fraction of sp³-hybridized carbons (Fsp3) is 0.167. The van der Waals surface area contributed by atoms with Gasteiger partial charge >= 0.3 is 5.69 Å². The van der Waals surface area contributed by atoms with Crippen molar-refractivity contribution in [3.8, 4) is 0 Å². The number of hydrazine groups is 1. The van der Waals surface area contributed by atoms with Gasteiger partial charge in [-0.05, 0) is 12.1 Å². The molecule has 0 aliphatic rings. The number of anilines is 4. The van der Waals surface area contributed by atoms with Crippen molar-refractivity contribution in [1.29, 1.82) is 0 Å². The highest BCUT2D eigenvalue weighted by atomic mass is 16.6. The summed E-state index contributed by atoms with van der Waals surface area (Å²) >= 11 is 0. The maximum Gasteiger partial charge on any atom is 0.329 e. The molecule has 2 aromatic rings. The molecular weight excluding hydrogens is 274 g/mol. The second-order valence-corrected chi connectivity index (χ2v) is 4.37. The molecule has 0 fully saturated rings. The summed E-state index contributed by atoms with van der Waals surface area (Å²) in [6, 6.07) is 7.39. The number of benzene rings is 1. The van der Waals surface area contributed by atoms with Crippen LogP contribution in [0.1, 0.15) is 0 Å². The van der Waals surface area contributed by atoms with E-state index >= 15 is 0 Å². The predicted molar refractivity (Wildman–Crippen MR) is 80.5 cm³/mol. The Kier molecular flexibility index (Phi) is 4.14. The molecule has 0 saturated heterocycles. The van der Waals surface area contributed by atoms with E-state index in [0.29, 0.717) is 5.69 Å². The van der Waals surface area contributed by atoms with E-state index in [1.54, 1.807) is 6.07 Å². The average molecular weight is 289 g/mol. The lowest BCUT2D eigenvalue weighted by atomic mass is 10.2. The van der Waals surface area contributed by atoms with Crippen molar-refractivity contribution in [3.05, 3.63) is 40.6 Å². The highest BCUT2D eigenvalue weighted by molar-refractivity contribution is 5.76. The Morgan fingerprint density at radius 3 is 2.67 bits per heavy atom. The summed E-state index contributed by atoms with van der Waals surface area (Å²) < 4.78 is 0. The van der Waals surface area contributed by atoms with Gasteiger partial charge in [0.1, 0.15) is 6.20 Å². The lowest BCUT2D eigenvalue weighted by Crippen LogP contribution is -2.13. The molecule has 9 heteroatoms. The van der Waals surface area contributed by atoms with Gasteiger partial charge < -0.3 is 10.2 Å². The van der Waals surface area contributed by atoms with E-state index in [1.165, 1.54) is 0 Å². The van der Waals surface area contributed by atoms with Gasteiger partial charge in [-0.2, -0.15) is 4.98 Å². The summed E-state index contributed by atoms with van der Waals surface area (Å²) in [6.07, 6.45) is 1.10. The molecule has 0 unspecified atom stereocenters. The third kappa shape index (κ3) is 3.15. The van der Waals surface area contributed by atoms with E-state index in [-0.39, 0.29) is 17.5 Å². The number of nitro groups is 1. The highest BCUT2D eigenvalue weighted by Gasteiger charge is 2.18. The Balaban J connectivity index is 2.45. The van der Waals surface area contributed by atoms with Gasteiger partial charge in [0, 0.05) is 14.1 Å². The number of para-hydroxylation sites is 2. The van der Waals surface area contributed by atoms with Crippen LogP contribution in [0.2, 0.25) is 0 Å². The quantitative estimate of drug-likeness (QED) is 0.430. The van der Waals surface area contributed by atoms with Crippen LogP contribution in [0.15, 0.2) is 30.5 Å². The first-order valence-electron chi connectivity index (χ1n) is 6.04. The first kappa shape index (κ1) is 14.5. The van der Waals surface area contributed by atoms with Crippen LogP contribution in [0.5, 0.6) is 0 Å². The average Bonchev–Trinajstić information content (AvgIpc) is 2.47. The number of nitrogens with one attached hydrogen (secondary N) is 2. The Labute approximate surface area is 120 Å². The highest BCUT2D eigenvalue weighted by Crippen LogP contribution is 2.30. The van der Waals surface area contributed by atoms with Crippen LogP contribution in [0, 0.1) is 10.1 Å². The lowest BCUT2D eigenvalue weighted by molar-refractivity contribution is -0.384. The molecule has 110 valence electrons. The largest absolute Gasteiger partial charge is 0.376 e. The molecule has 1 aromatic carbocycles. The summed E-state index contributed by atoms with van der Waals surface area (Å²) in [5.74, 6) is 5.39. The smallest absolute Gasteiger partial charge is 0.329 e. The summed E-state index contributed by atoms with van der Waals surface area (Å²) in [7, 11) is 3.75. The second-order valence-electron chi connectivity index (χ2n) is 4.37. The number of aromatic nitrogens is 2. The zero-order valence-electron chi connectivity index (χ0n) is 11.6. The van der Waals surface area contributed by atoms with Gasteiger partial charge in [-0.25, -0.2) is 10.8 Å². The van der Waals surface area contributed by atoms with E-state index in [1.807, 2.05) is 37.2 Å². The maximum absolute atomic E-state index is 11.1. The van der Waals surface area contributed by atoms with Gasteiger partial charge in [0.15, 0.2) is 0 Å². The van der Waals surface area contributed by atoms with Gasteiger partial charge in [-0.1, -0.05) is 12.1 Å². The Hall–Kier alpha value is -2.94. The second kappa shape index (κ2) is 6.01. The minimum Gasteiger partial charge on any atom is -0.376 e. The fourth-order valence-electron chi connectivity index (χ4n) is 1.77. The molecule has 0 bridgehead atoms. The van der Waals surface area contributed by atoms with Crippen molar-refractivity contribution < 1.29 is 4.92 Å². The molecule has 0 aliphatic heterocycles. The summed E-state index contributed by atoms with van der Waals surface area (Å²) in [6.45, 7) is 0. The minimum absolute atomic E-state index is 0.0669. The molecule has 0 aliphatic carbocycles. The first-order chi connectivity index (χ1) is 10.0. The third-order valence-electron chi connectivity index (χ3n) is 2.73. The minimum atomic E-state index is -0.555. The first-order valence-corrected chi connectivity index (χ1v) is 6.04. The summed E-state index contributed by atoms with van der Waals surface area (Å²) in [5.41, 5.74) is 3.58. The van der Waals surface area contributed by atoms with Gasteiger partial charge in [-0.3, -0.25) is 15.5 Å². The van der Waals surface area contributed by atoms with Crippen LogP contribution in [0.4, 0.5) is 28.8 Å². The number of nitrogens with two attached hydrogens (primary N) is 1. The van der Waals surface area contributed by atoms with E-state index in [4.69, 9.17) is 5.84 Å². The van der Waals surface area contributed by atoms with Gasteiger partial charge in [0.25, 0.3) is 0 Å². The van der Waals surface area contributed by atoms with Gasteiger partial charge in [0.05, 0.1) is 16.3 Å². The topological polar surface area (TPSA) is 122 Å². The third-order valence-corrected chi connectivity index (χ3v) is 2.73. The Morgan fingerprint density at radius 2 is 2.05 bits per heavy atom. The van der Waals surface area contributed by atoms with Crippen LogP contribution >= 0.6 is 0 Å². The van der Waals surface area contributed by atoms with Gasteiger partial charge in [-0.15, -0.1) is 0 Å². The van der Waals surface area contributed by atoms with Crippen LogP contribution in [-0.2, 0) is 0 Å². The number of nitrogen functional groups attached to an aromatic ring is 1. The van der Waals surface area contributed by atoms with E-state index in [0.717, 1.165) is 11.9 Å². The van der Waals surface area contributed by atoms with Crippen molar-refractivity contribution in [2.24, 2.45) is 5.84 Å². The normalized spacial score (nSPS) is 10.0. The van der Waals surface area contributed by atoms with Crippen LogP contribution in [0.25, 0.3) is 0 Å². The molecule has 0 spiro atoms. The zero-order valence-corrected chi connectivity index (χ0v) is 11.6. The molecule has 0 radical (unpaired) electrons. The lowest BCUT2D eigenvalue weighted by Gasteiger charge is -2.18. The Morgan fingerprint density at radius 1 is 1.33 bits per heavy atom. The monoisotopic (exact) mass is 289 g/mol. The fourth-order valence-corrected chi connectivity index (χ4v) is 1.77. The molecule has 0 saturated carbocycles. The van der Waals surface area contributed by atoms with E-state index in [2.05, 4.69) is 20.7 Å². The van der Waals surface area contributed by atoms with Crippen molar-refractivity contribution in [1.82, 2.24) is 9.97 Å². The van der Waals surface area contributed by atoms with Crippen molar-refractivity contribution in [2.75, 3.05) is 29.7 Å². The van der Waals surface area contributed by atoms with Crippen molar-refractivity contribution >= 4 is 28.8 Å². The maximum atomic E-state index is 11.1. The summed E-state index contributed by atoms with van der Waals surface area (Å²) in [4.78, 5) is 20.1. The van der Waals surface area contributed by atoms with Crippen molar-refractivity contribution in [2.45, 2.75) is 0 Å². The number of hydrogen-bond donors (Lipinski definition) is 3. The van der Waals surface area contributed by atoms with E-state index < -0.39 is 4.92 Å². The molecule has 9 nitrogen and oxygen atoms in total. The van der Waals surface area contributed by atoms with Crippen LogP contribution in [0.3, 0.4) is 0 Å². The standard InChI is InChI=1S/C12H15N7O2/c1-18(2)9-6-4-3-5-8(9)15-11-10(19(20)21)7-14-12(16-11)17-13/h3-7H,13H2,1-2H3,(H2,14,15,16,17). The van der Waals surface area contributed by atoms with Crippen molar-refractivity contribution in [3.63, 3.8) is 0 Å². The zero-order chi connectivity index (χ0) is 15.4. The molecular formula is C12H15N7O2. The molecule has 4 N–H and O–H groups in total. The van der Waals surface area contributed by atoms with Gasteiger partial charge in [0.2, 0.25) is 11.8 Å². The number of nitrogens with zero attached hydrogens (tertiary/aromatic N) is 4. The molecule has 2 rings (SSSR count). The van der Waals surface area contributed by atoms with Crippen LogP contribution < -0.4 is 21.5 Å². The molecule has 21 heavy (non-hydrogen) atoms. The van der Waals surface area contributed by atoms with E-state index in [9.17, 15) is 10.1 Å². The van der Waals surface area contributed by atoms with Crippen LogP contribution in [-0.4, -0.2) is 29.0 Å². The number of rotatable bonds is 5. The molecule has 0 atom stereocenters. The Bertz CT molecular complexity index is 660. The molecule has 1 aromatic heterocycles.